The van der Waals surface area contributed by atoms with E-state index in [0.29, 0.717) is 12.2 Å². The van der Waals surface area contributed by atoms with Crippen molar-refractivity contribution >= 4 is 27.5 Å². The summed E-state index contributed by atoms with van der Waals surface area (Å²) < 4.78 is 27.2. The van der Waals surface area contributed by atoms with Crippen LogP contribution in [-0.4, -0.2) is 46.2 Å². The van der Waals surface area contributed by atoms with Gasteiger partial charge >= 0.3 is 0 Å². The van der Waals surface area contributed by atoms with Crippen LogP contribution in [0.3, 0.4) is 0 Å². The lowest BCUT2D eigenvalue weighted by atomic mass is 10.1. The van der Waals surface area contributed by atoms with Crippen LogP contribution in [-0.2, 0) is 10.0 Å². The van der Waals surface area contributed by atoms with Gasteiger partial charge in [0.25, 0.3) is 11.9 Å². The van der Waals surface area contributed by atoms with Crippen LogP contribution in [0.5, 0.6) is 0 Å². The maximum atomic E-state index is 12.4. The van der Waals surface area contributed by atoms with Crippen molar-refractivity contribution in [3.8, 4) is 11.1 Å². The minimum atomic E-state index is -3.52. The van der Waals surface area contributed by atoms with Crippen molar-refractivity contribution in [1.82, 2.24) is 24.9 Å². The molecule has 0 aliphatic heterocycles. The highest BCUT2D eigenvalue weighted by Crippen LogP contribution is 2.22. The van der Waals surface area contributed by atoms with Crippen LogP contribution in [0, 0.1) is 0 Å². The minimum Gasteiger partial charge on any atom is -0.351 e. The van der Waals surface area contributed by atoms with E-state index in [1.807, 2.05) is 13.0 Å². The van der Waals surface area contributed by atoms with Crippen LogP contribution >= 0.6 is 0 Å². The van der Waals surface area contributed by atoms with E-state index in [0.717, 1.165) is 11.1 Å². The summed E-state index contributed by atoms with van der Waals surface area (Å²) in [5, 5.41) is 6.84. The van der Waals surface area contributed by atoms with E-state index in [1.54, 1.807) is 30.6 Å². The summed E-state index contributed by atoms with van der Waals surface area (Å²) in [5.41, 5.74) is 2.13. The zero-order chi connectivity index (χ0) is 18.7. The molecule has 0 fully saturated rings. The summed E-state index contributed by atoms with van der Waals surface area (Å²) in [4.78, 5) is 20.7. The highest BCUT2D eigenvalue weighted by Gasteiger charge is 2.18. The van der Waals surface area contributed by atoms with Gasteiger partial charge in [0.15, 0.2) is 5.65 Å². The maximum absolute atomic E-state index is 12.4. The number of carbonyl (C=O) groups excluding carboxylic acids is 1. The van der Waals surface area contributed by atoms with E-state index in [-0.39, 0.29) is 23.3 Å². The Morgan fingerprint density at radius 2 is 2.04 bits per heavy atom. The summed E-state index contributed by atoms with van der Waals surface area (Å²) in [5.74, 6) is -0.522. The highest BCUT2D eigenvalue weighted by atomic mass is 32.2. The van der Waals surface area contributed by atoms with Gasteiger partial charge in [-0.25, -0.2) is 17.7 Å². The second-order valence-electron chi connectivity index (χ2n) is 5.44. The molecule has 3 rings (SSSR count). The Morgan fingerprint density at radius 3 is 2.69 bits per heavy atom. The number of nitrogens with one attached hydrogen (secondary N) is 2. The third-order valence-electron chi connectivity index (χ3n) is 3.63. The van der Waals surface area contributed by atoms with Crippen molar-refractivity contribution < 1.29 is 13.2 Å². The monoisotopic (exact) mass is 374 g/mol. The summed E-state index contributed by atoms with van der Waals surface area (Å²) in [6, 6.07) is 7.03. The Labute approximate surface area is 150 Å². The van der Waals surface area contributed by atoms with E-state index in [2.05, 4.69) is 25.1 Å². The van der Waals surface area contributed by atoms with Gasteiger partial charge in [0.1, 0.15) is 5.69 Å². The first kappa shape index (κ1) is 17.8. The SMILES string of the molecule is CCNC(=O)c1cc(-c2cccnc2)cc2nc(NS(=O)(=O)CC)nn12. The van der Waals surface area contributed by atoms with E-state index < -0.39 is 10.0 Å². The van der Waals surface area contributed by atoms with Gasteiger partial charge in [-0.3, -0.25) is 9.78 Å². The molecule has 3 aromatic rings. The number of sulfonamides is 1. The molecule has 0 atom stereocenters. The molecule has 0 aliphatic rings. The quantitative estimate of drug-likeness (QED) is 0.671. The molecule has 0 unspecified atom stereocenters. The van der Waals surface area contributed by atoms with Crippen LogP contribution in [0.15, 0.2) is 36.7 Å². The van der Waals surface area contributed by atoms with Crippen LogP contribution in [0.25, 0.3) is 16.8 Å². The van der Waals surface area contributed by atoms with Gasteiger partial charge in [0, 0.05) is 24.5 Å². The molecule has 10 heteroatoms. The molecule has 9 nitrogen and oxygen atoms in total. The van der Waals surface area contributed by atoms with Crippen molar-refractivity contribution in [1.29, 1.82) is 0 Å². The number of aromatic nitrogens is 4. The first-order chi connectivity index (χ1) is 12.4. The lowest BCUT2D eigenvalue weighted by molar-refractivity contribution is 0.0948. The van der Waals surface area contributed by atoms with Gasteiger partial charge < -0.3 is 5.32 Å². The average molecular weight is 374 g/mol. The Hall–Kier alpha value is -3.01. The molecule has 1 amide bonds. The molecular weight excluding hydrogens is 356 g/mol. The number of anilines is 1. The third-order valence-corrected chi connectivity index (χ3v) is 4.88. The van der Waals surface area contributed by atoms with Gasteiger partial charge in [0.2, 0.25) is 10.0 Å². The Kier molecular flexibility index (Phi) is 4.85. The van der Waals surface area contributed by atoms with Gasteiger partial charge in [-0.2, -0.15) is 4.98 Å². The first-order valence-corrected chi connectivity index (χ1v) is 9.68. The number of hydrogen-bond acceptors (Lipinski definition) is 6. The fraction of sp³-hybridized carbons (Fsp3) is 0.250. The third kappa shape index (κ3) is 3.64. The number of fused-ring (bicyclic) bond motifs is 1. The van der Waals surface area contributed by atoms with E-state index in [1.165, 1.54) is 11.4 Å². The second-order valence-corrected chi connectivity index (χ2v) is 7.45. The fourth-order valence-corrected chi connectivity index (χ4v) is 2.86. The van der Waals surface area contributed by atoms with Crippen LogP contribution in [0.4, 0.5) is 5.95 Å². The number of rotatable bonds is 6. The van der Waals surface area contributed by atoms with Crippen molar-refractivity contribution in [2.45, 2.75) is 13.8 Å². The smallest absolute Gasteiger partial charge is 0.270 e. The number of pyridine rings is 2. The van der Waals surface area contributed by atoms with Crippen molar-refractivity contribution in [2.75, 3.05) is 17.0 Å². The maximum Gasteiger partial charge on any atom is 0.270 e. The van der Waals surface area contributed by atoms with Crippen LogP contribution < -0.4 is 10.0 Å². The van der Waals surface area contributed by atoms with Crippen molar-refractivity contribution in [3.05, 3.63) is 42.4 Å². The molecule has 0 saturated heterocycles. The van der Waals surface area contributed by atoms with Crippen molar-refractivity contribution in [2.24, 2.45) is 0 Å². The normalized spacial score (nSPS) is 11.5. The second kappa shape index (κ2) is 7.08. The van der Waals surface area contributed by atoms with Crippen LogP contribution in [0.2, 0.25) is 0 Å². The number of hydrogen-bond donors (Lipinski definition) is 2. The zero-order valence-electron chi connectivity index (χ0n) is 14.3. The largest absolute Gasteiger partial charge is 0.351 e. The highest BCUT2D eigenvalue weighted by molar-refractivity contribution is 7.92. The fourth-order valence-electron chi connectivity index (χ4n) is 2.35. The molecule has 0 aromatic carbocycles. The Morgan fingerprint density at radius 1 is 1.23 bits per heavy atom. The standard InChI is InChI=1S/C16H18N6O3S/c1-3-18-15(23)13-8-12(11-6-5-7-17-10-11)9-14-19-16(20-22(13)14)21-26(24,25)4-2/h5-10H,3-4H2,1-2H3,(H,18,23)(H,20,21). The Bertz CT molecular complexity index is 1050. The zero-order valence-corrected chi connectivity index (χ0v) is 15.1. The van der Waals surface area contributed by atoms with Crippen LogP contribution in [0.1, 0.15) is 24.3 Å². The van der Waals surface area contributed by atoms with E-state index in [9.17, 15) is 13.2 Å². The molecule has 2 N–H and O–H groups in total. The number of amides is 1. The molecule has 0 bridgehead atoms. The van der Waals surface area contributed by atoms with E-state index in [4.69, 9.17) is 0 Å². The molecular formula is C16H18N6O3S. The molecule has 136 valence electrons. The van der Waals surface area contributed by atoms with Gasteiger partial charge in [0.05, 0.1) is 5.75 Å². The number of carbonyl (C=O) groups is 1. The number of nitrogens with zero attached hydrogens (tertiary/aromatic N) is 4. The Balaban J connectivity index is 2.16. The molecule has 0 spiro atoms. The predicted molar refractivity (Wildman–Crippen MR) is 97.3 cm³/mol. The molecule has 3 heterocycles. The topological polar surface area (TPSA) is 118 Å². The van der Waals surface area contributed by atoms with Crippen molar-refractivity contribution in [3.63, 3.8) is 0 Å². The summed E-state index contributed by atoms with van der Waals surface area (Å²) in [6.07, 6.45) is 3.33. The molecule has 0 saturated carbocycles. The lowest BCUT2D eigenvalue weighted by Crippen LogP contribution is -2.25. The average Bonchev–Trinajstić information content (AvgIpc) is 3.03. The van der Waals surface area contributed by atoms with Gasteiger partial charge in [-0.1, -0.05) is 6.07 Å². The lowest BCUT2D eigenvalue weighted by Gasteiger charge is -2.07. The molecule has 0 radical (unpaired) electrons. The summed E-state index contributed by atoms with van der Waals surface area (Å²) in [6.45, 7) is 3.77. The van der Waals surface area contributed by atoms with Gasteiger partial charge in [-0.05, 0) is 37.6 Å². The predicted octanol–water partition coefficient (Wildman–Crippen LogP) is 1.30. The van der Waals surface area contributed by atoms with Gasteiger partial charge in [-0.15, -0.1) is 5.10 Å². The summed E-state index contributed by atoms with van der Waals surface area (Å²) >= 11 is 0. The molecule has 0 aliphatic carbocycles. The minimum absolute atomic E-state index is 0.0827. The molecule has 26 heavy (non-hydrogen) atoms. The molecule has 3 aromatic heterocycles. The first-order valence-electron chi connectivity index (χ1n) is 8.03. The summed E-state index contributed by atoms with van der Waals surface area (Å²) in [7, 11) is -3.52. The van der Waals surface area contributed by atoms with E-state index >= 15 is 0 Å².